The van der Waals surface area contributed by atoms with Crippen molar-refractivity contribution >= 4 is 33.5 Å². The van der Waals surface area contributed by atoms with Crippen LogP contribution in [0.3, 0.4) is 0 Å². The summed E-state index contributed by atoms with van der Waals surface area (Å²) in [5.74, 6) is -1.19. The van der Waals surface area contributed by atoms with E-state index in [2.05, 4.69) is 25.7 Å². The minimum atomic E-state index is -4.07. The molecule has 10 nitrogen and oxygen atoms in total. The molecule has 1 unspecified atom stereocenters. The largest absolute Gasteiger partial charge is 0.480 e. The fourth-order valence-corrected chi connectivity index (χ4v) is 4.89. The van der Waals surface area contributed by atoms with Gasteiger partial charge in [0.15, 0.2) is 5.96 Å². The minimum absolute atomic E-state index is 0.0644. The van der Waals surface area contributed by atoms with Gasteiger partial charge in [0, 0.05) is 30.9 Å². The van der Waals surface area contributed by atoms with Crippen molar-refractivity contribution in [3.63, 3.8) is 0 Å². The first-order chi connectivity index (χ1) is 17.8. The normalized spacial score (nSPS) is 14.1. The number of rotatable bonds is 9. The number of aliphatic imine (C=N–C) groups is 1. The highest BCUT2D eigenvalue weighted by atomic mass is 32.2. The molecule has 0 saturated heterocycles. The average Bonchev–Trinajstić information content (AvgIpc) is 2.92. The summed E-state index contributed by atoms with van der Waals surface area (Å²) >= 11 is 0. The molecule has 0 aromatic heterocycles. The molecule has 5 N–H and O–H groups in total. The van der Waals surface area contributed by atoms with Gasteiger partial charge in [-0.15, -0.1) is 0 Å². The summed E-state index contributed by atoms with van der Waals surface area (Å²) in [6, 6.07) is 20.5. The van der Waals surface area contributed by atoms with E-state index in [0.29, 0.717) is 5.56 Å². The molecule has 11 heteroatoms. The maximum Gasteiger partial charge on any atom is 0.323 e. The van der Waals surface area contributed by atoms with Crippen molar-refractivity contribution in [1.29, 1.82) is 0 Å². The van der Waals surface area contributed by atoms with E-state index in [1.807, 2.05) is 24.3 Å². The maximum atomic E-state index is 12.6. The molecule has 1 atom stereocenters. The molecular formula is C26H27N5O5S. The molecule has 1 aliphatic heterocycles. The number of guanidine groups is 1. The second-order valence-corrected chi connectivity index (χ2v) is 10.0. The smallest absolute Gasteiger partial charge is 0.323 e. The second-order valence-electron chi connectivity index (χ2n) is 8.33. The van der Waals surface area contributed by atoms with Crippen molar-refractivity contribution in [2.75, 3.05) is 25.0 Å². The zero-order chi connectivity index (χ0) is 26.3. The van der Waals surface area contributed by atoms with E-state index < -0.39 is 34.5 Å². The van der Waals surface area contributed by atoms with Crippen LogP contribution >= 0.6 is 0 Å². The maximum absolute atomic E-state index is 12.6. The Morgan fingerprint density at radius 3 is 2.41 bits per heavy atom. The lowest BCUT2D eigenvalue weighted by Crippen LogP contribution is -2.48. The van der Waals surface area contributed by atoms with E-state index in [1.54, 1.807) is 30.3 Å². The van der Waals surface area contributed by atoms with Crippen LogP contribution in [-0.4, -0.2) is 57.0 Å². The van der Waals surface area contributed by atoms with E-state index in [-0.39, 0.29) is 4.90 Å². The molecule has 0 saturated carbocycles. The van der Waals surface area contributed by atoms with Gasteiger partial charge in [0.2, 0.25) is 10.0 Å². The second kappa shape index (κ2) is 11.7. The van der Waals surface area contributed by atoms with Crippen LogP contribution in [0, 0.1) is 0 Å². The first-order valence-electron chi connectivity index (χ1n) is 11.7. The third kappa shape index (κ3) is 6.93. The predicted molar refractivity (Wildman–Crippen MR) is 141 cm³/mol. The average molecular weight is 522 g/mol. The Balaban J connectivity index is 1.38. The number of carboxylic acid groups (broad SMARTS) is 1. The van der Waals surface area contributed by atoms with Crippen LogP contribution in [-0.2, 0) is 14.8 Å². The van der Waals surface area contributed by atoms with Gasteiger partial charge in [-0.2, -0.15) is 4.72 Å². The highest BCUT2D eigenvalue weighted by Crippen LogP contribution is 2.23. The van der Waals surface area contributed by atoms with E-state index in [4.69, 9.17) is 0 Å². The van der Waals surface area contributed by atoms with Gasteiger partial charge in [0.1, 0.15) is 6.04 Å². The molecule has 4 rings (SSSR count). The van der Waals surface area contributed by atoms with Crippen molar-refractivity contribution in [3.8, 4) is 11.1 Å². The Kier molecular flexibility index (Phi) is 8.16. The molecule has 3 aromatic carbocycles. The monoisotopic (exact) mass is 521 g/mol. The topological polar surface area (TPSA) is 149 Å². The van der Waals surface area contributed by atoms with Gasteiger partial charge >= 0.3 is 5.97 Å². The molecular weight excluding hydrogens is 494 g/mol. The molecule has 1 amide bonds. The van der Waals surface area contributed by atoms with Gasteiger partial charge in [-0.3, -0.25) is 14.6 Å². The van der Waals surface area contributed by atoms with Crippen molar-refractivity contribution in [1.82, 2.24) is 15.4 Å². The number of carbonyl (C=O) groups excluding carboxylic acids is 1. The molecule has 37 heavy (non-hydrogen) atoms. The molecule has 0 radical (unpaired) electrons. The molecule has 0 bridgehead atoms. The van der Waals surface area contributed by atoms with Gasteiger partial charge in [-0.25, -0.2) is 8.42 Å². The van der Waals surface area contributed by atoms with Gasteiger partial charge in [0.05, 0.1) is 4.90 Å². The lowest BCUT2D eigenvalue weighted by molar-refractivity contribution is -0.138. The van der Waals surface area contributed by atoms with Crippen LogP contribution in [0.1, 0.15) is 16.8 Å². The minimum Gasteiger partial charge on any atom is -0.480 e. The zero-order valence-corrected chi connectivity index (χ0v) is 20.7. The number of hydrogen-bond acceptors (Lipinski definition) is 7. The third-order valence-electron chi connectivity index (χ3n) is 5.62. The van der Waals surface area contributed by atoms with Crippen LogP contribution < -0.4 is 20.7 Å². The van der Waals surface area contributed by atoms with Crippen molar-refractivity contribution in [3.05, 3.63) is 84.4 Å². The summed E-state index contributed by atoms with van der Waals surface area (Å²) in [4.78, 5) is 28.6. The number of amides is 1. The Morgan fingerprint density at radius 2 is 1.73 bits per heavy atom. The number of carbonyl (C=O) groups is 2. The Bertz CT molecular complexity index is 1390. The highest BCUT2D eigenvalue weighted by molar-refractivity contribution is 7.89. The highest BCUT2D eigenvalue weighted by Gasteiger charge is 2.26. The van der Waals surface area contributed by atoms with Crippen LogP contribution in [0.15, 0.2) is 88.8 Å². The van der Waals surface area contributed by atoms with Crippen molar-refractivity contribution < 1.29 is 23.1 Å². The SMILES string of the molecule is O=C(NCC(NS(=O)(=O)c1ccccc1)C(=O)O)c1ccc(-c2cccc(NC3=NCCCN3)c2)cc1. The van der Waals surface area contributed by atoms with Gasteiger partial charge in [0.25, 0.3) is 5.91 Å². The predicted octanol–water partition coefficient (Wildman–Crippen LogP) is 2.28. The molecule has 3 aromatic rings. The van der Waals surface area contributed by atoms with E-state index in [0.717, 1.165) is 42.3 Å². The molecule has 1 heterocycles. The van der Waals surface area contributed by atoms with Crippen LogP contribution in [0.5, 0.6) is 0 Å². The first-order valence-corrected chi connectivity index (χ1v) is 13.1. The zero-order valence-electron chi connectivity index (χ0n) is 19.8. The lowest BCUT2D eigenvalue weighted by atomic mass is 10.0. The summed E-state index contributed by atoms with van der Waals surface area (Å²) in [6.45, 7) is 1.24. The number of benzene rings is 3. The number of carboxylic acids is 1. The number of aliphatic carboxylic acids is 1. The Hall–Kier alpha value is -4.22. The van der Waals surface area contributed by atoms with Gasteiger partial charge in [-0.05, 0) is 53.9 Å². The Labute approximate surface area is 214 Å². The van der Waals surface area contributed by atoms with Crippen LogP contribution in [0.4, 0.5) is 5.69 Å². The fourth-order valence-electron chi connectivity index (χ4n) is 3.67. The van der Waals surface area contributed by atoms with E-state index in [9.17, 15) is 23.1 Å². The number of anilines is 1. The summed E-state index contributed by atoms with van der Waals surface area (Å²) in [5, 5.41) is 18.4. The number of sulfonamides is 1. The summed E-state index contributed by atoms with van der Waals surface area (Å²) in [6.07, 6.45) is 1.01. The number of hydrogen-bond donors (Lipinski definition) is 5. The fraction of sp³-hybridized carbons (Fsp3) is 0.192. The Morgan fingerprint density at radius 1 is 0.973 bits per heavy atom. The van der Waals surface area contributed by atoms with Gasteiger partial charge in [-0.1, -0.05) is 42.5 Å². The molecule has 0 spiro atoms. The summed E-state index contributed by atoms with van der Waals surface area (Å²) < 4.78 is 27.1. The van der Waals surface area contributed by atoms with Crippen molar-refractivity contribution in [2.45, 2.75) is 17.4 Å². The number of nitrogens with zero attached hydrogens (tertiary/aromatic N) is 1. The summed E-state index contributed by atoms with van der Waals surface area (Å²) in [5.41, 5.74) is 3.02. The van der Waals surface area contributed by atoms with Crippen LogP contribution in [0.2, 0.25) is 0 Å². The quantitative estimate of drug-likeness (QED) is 0.290. The lowest BCUT2D eigenvalue weighted by Gasteiger charge is -2.16. The van der Waals surface area contributed by atoms with Gasteiger partial charge < -0.3 is 21.1 Å². The molecule has 192 valence electrons. The van der Waals surface area contributed by atoms with Crippen molar-refractivity contribution in [2.24, 2.45) is 4.99 Å². The molecule has 1 aliphatic rings. The van der Waals surface area contributed by atoms with E-state index in [1.165, 1.54) is 24.3 Å². The summed E-state index contributed by atoms with van der Waals surface area (Å²) in [7, 11) is -4.07. The first kappa shape index (κ1) is 25.9. The third-order valence-corrected chi connectivity index (χ3v) is 7.11. The molecule has 0 fully saturated rings. The number of nitrogens with one attached hydrogen (secondary N) is 4. The molecule has 0 aliphatic carbocycles. The van der Waals surface area contributed by atoms with E-state index >= 15 is 0 Å². The standard InChI is InChI=1S/C26H27N5O5S/c32-24(29-17-23(25(33)34)31-37(35,36)22-8-2-1-3-9-22)19-12-10-18(11-13-19)20-6-4-7-21(16-20)30-26-27-14-5-15-28-26/h1-4,6-13,16,23,31H,5,14-15,17H2,(H,29,32)(H,33,34)(H2,27,28,30). The van der Waals surface area contributed by atoms with Crippen LogP contribution in [0.25, 0.3) is 11.1 Å².